The van der Waals surface area contributed by atoms with E-state index in [0.717, 1.165) is 66.7 Å². The summed E-state index contributed by atoms with van der Waals surface area (Å²) in [5.41, 5.74) is 15.3. The van der Waals surface area contributed by atoms with Gasteiger partial charge in [-0.2, -0.15) is 0 Å². The van der Waals surface area contributed by atoms with Crippen LogP contribution in [0.1, 0.15) is 11.4 Å². The molecule has 64 heavy (non-hydrogen) atoms. The molecule has 0 amide bonds. The van der Waals surface area contributed by atoms with E-state index in [9.17, 15) is 0 Å². The molecule has 0 aliphatic heterocycles. The predicted molar refractivity (Wildman–Crippen MR) is 262 cm³/mol. The zero-order valence-electron chi connectivity index (χ0n) is 34.9. The number of rotatable bonds is 9. The zero-order chi connectivity index (χ0) is 42.4. The van der Waals surface area contributed by atoms with Crippen LogP contribution in [0, 0.1) is 0 Å². The zero-order valence-corrected chi connectivity index (χ0v) is 34.9. The first-order chi connectivity index (χ1) is 31.7. The minimum atomic E-state index is 0.599. The molecule has 0 N–H and O–H groups in total. The third-order valence-corrected chi connectivity index (χ3v) is 12.4. The molecule has 0 saturated heterocycles. The molecule has 3 aromatic heterocycles. The van der Waals surface area contributed by atoms with E-state index in [1.54, 1.807) is 0 Å². The van der Waals surface area contributed by atoms with Crippen LogP contribution in [0.2, 0.25) is 0 Å². The van der Waals surface area contributed by atoms with E-state index in [2.05, 4.69) is 180 Å². The highest BCUT2D eigenvalue weighted by Crippen LogP contribution is 2.43. The van der Waals surface area contributed by atoms with Gasteiger partial charge in [-0.25, -0.2) is 15.0 Å². The molecule has 0 aliphatic carbocycles. The van der Waals surface area contributed by atoms with E-state index in [1.807, 2.05) is 42.5 Å². The van der Waals surface area contributed by atoms with Crippen molar-refractivity contribution in [3.05, 3.63) is 230 Å². The summed E-state index contributed by atoms with van der Waals surface area (Å²) in [7, 11) is 0. The molecule has 5 heteroatoms. The van der Waals surface area contributed by atoms with Gasteiger partial charge in [-0.3, -0.25) is 0 Å². The van der Waals surface area contributed by atoms with Crippen LogP contribution in [0.3, 0.4) is 0 Å². The molecule has 5 nitrogen and oxygen atoms in total. The summed E-state index contributed by atoms with van der Waals surface area (Å²) in [4.78, 5) is 15.2. The molecule has 0 radical (unpaired) electrons. The van der Waals surface area contributed by atoms with Crippen LogP contribution in [0.25, 0.3) is 106 Å². The fourth-order valence-corrected chi connectivity index (χ4v) is 9.36. The number of hydrogen-bond acceptors (Lipinski definition) is 4. The van der Waals surface area contributed by atoms with Gasteiger partial charge in [-0.1, -0.05) is 176 Å². The number of aryl methyl sites for hydroxylation is 2. The van der Waals surface area contributed by atoms with E-state index in [1.165, 1.54) is 38.6 Å². The van der Waals surface area contributed by atoms with Crippen molar-refractivity contribution >= 4 is 43.7 Å². The third-order valence-electron chi connectivity index (χ3n) is 12.4. The average molecular weight is 821 g/mol. The number of aromatic nitrogens is 4. The van der Waals surface area contributed by atoms with Gasteiger partial charge in [0.25, 0.3) is 0 Å². The fraction of sp³-hybridized carbons (Fsp3) is 0.0339. The van der Waals surface area contributed by atoms with E-state index in [0.29, 0.717) is 24.5 Å². The minimum Gasteiger partial charge on any atom is -0.456 e. The molecule has 9 aromatic carbocycles. The molecule has 0 unspecified atom stereocenters. The second kappa shape index (κ2) is 15.8. The largest absolute Gasteiger partial charge is 0.456 e. The molecule has 0 fully saturated rings. The molecule has 0 bridgehead atoms. The Morgan fingerprint density at radius 2 is 0.938 bits per heavy atom. The molecule has 0 saturated carbocycles. The summed E-state index contributed by atoms with van der Waals surface area (Å²) < 4.78 is 8.97. The maximum Gasteiger partial charge on any atom is 0.163 e. The first-order valence-electron chi connectivity index (χ1n) is 21.8. The second-order valence-electron chi connectivity index (χ2n) is 16.3. The van der Waals surface area contributed by atoms with Crippen LogP contribution in [0.4, 0.5) is 0 Å². The number of nitrogens with zero attached hydrogens (tertiary/aromatic N) is 4. The van der Waals surface area contributed by atoms with E-state index in [-0.39, 0.29) is 0 Å². The van der Waals surface area contributed by atoms with Gasteiger partial charge in [-0.15, -0.1) is 0 Å². The summed E-state index contributed by atoms with van der Waals surface area (Å²) in [6.07, 6.45) is 1.28. The quantitative estimate of drug-likeness (QED) is 0.146. The Kier molecular flexibility index (Phi) is 9.23. The first kappa shape index (κ1) is 37.4. The van der Waals surface area contributed by atoms with Gasteiger partial charge in [0.05, 0.1) is 16.4 Å². The third kappa shape index (κ3) is 6.62. The van der Waals surface area contributed by atoms with Crippen molar-refractivity contribution in [2.75, 3.05) is 0 Å². The van der Waals surface area contributed by atoms with Crippen molar-refractivity contribution in [3.63, 3.8) is 0 Å². The van der Waals surface area contributed by atoms with Gasteiger partial charge in [-0.05, 0) is 87.8 Å². The van der Waals surface area contributed by atoms with Crippen LogP contribution in [-0.2, 0) is 12.8 Å². The van der Waals surface area contributed by atoms with E-state index in [4.69, 9.17) is 19.4 Å². The Bertz CT molecular complexity index is 3590. The Balaban J connectivity index is 1.07. The lowest BCUT2D eigenvalue weighted by Gasteiger charge is -2.17. The van der Waals surface area contributed by atoms with Gasteiger partial charge in [0.15, 0.2) is 11.6 Å². The lowest BCUT2D eigenvalue weighted by Crippen LogP contribution is -2.07. The van der Waals surface area contributed by atoms with E-state index >= 15 is 0 Å². The van der Waals surface area contributed by atoms with Gasteiger partial charge in [0.1, 0.15) is 17.0 Å². The smallest absolute Gasteiger partial charge is 0.163 e. The summed E-state index contributed by atoms with van der Waals surface area (Å²) in [5.74, 6) is 2.08. The van der Waals surface area contributed by atoms with Gasteiger partial charge in [0, 0.05) is 39.4 Å². The number of para-hydroxylation sites is 2. The Hall–Kier alpha value is -8.41. The van der Waals surface area contributed by atoms with Crippen LogP contribution in [0.15, 0.2) is 223 Å². The lowest BCUT2D eigenvalue weighted by molar-refractivity contribution is 0.669. The molecular weight excluding hydrogens is 781 g/mol. The number of furan rings is 1. The second-order valence-corrected chi connectivity index (χ2v) is 16.3. The molecule has 302 valence electrons. The maximum absolute atomic E-state index is 6.51. The standard InChI is InChI=1S/C59H40N4O/c1-5-17-39(18-6-1)46-32-29-44(38-50(46)40-19-7-2-8-20-40)43-30-34-51(63-52-27-15-13-25-47(52)48-33-35-54-56(57(48)63)49-26-14-16-28-53(49)64-54)45(37-43)31-36-55-60-58(41-21-9-3-10-22-41)62-59(61-55)42-23-11-4-12-24-42/h1-30,32-35,37-38H,31,36H2. The number of hydrogen-bond donors (Lipinski definition) is 0. The molecule has 0 aliphatic rings. The molecule has 3 heterocycles. The van der Waals surface area contributed by atoms with E-state index < -0.39 is 0 Å². The topological polar surface area (TPSA) is 56.7 Å². The summed E-state index contributed by atoms with van der Waals surface area (Å²) in [6.45, 7) is 0. The van der Waals surface area contributed by atoms with Crippen molar-refractivity contribution in [2.45, 2.75) is 12.8 Å². The Morgan fingerprint density at radius 3 is 1.62 bits per heavy atom. The van der Waals surface area contributed by atoms with Crippen LogP contribution in [0.5, 0.6) is 0 Å². The molecule has 12 aromatic rings. The van der Waals surface area contributed by atoms with Crippen LogP contribution in [-0.4, -0.2) is 19.5 Å². The molecule has 0 spiro atoms. The number of benzene rings is 9. The highest BCUT2D eigenvalue weighted by molar-refractivity contribution is 6.24. The summed E-state index contributed by atoms with van der Waals surface area (Å²) in [6, 6.07) is 77.1. The first-order valence-corrected chi connectivity index (χ1v) is 21.8. The highest BCUT2D eigenvalue weighted by Gasteiger charge is 2.22. The predicted octanol–water partition coefficient (Wildman–Crippen LogP) is 15.0. The minimum absolute atomic E-state index is 0.599. The van der Waals surface area contributed by atoms with Gasteiger partial charge < -0.3 is 8.98 Å². The summed E-state index contributed by atoms with van der Waals surface area (Å²) in [5, 5.41) is 4.59. The fourth-order valence-electron chi connectivity index (χ4n) is 9.36. The van der Waals surface area contributed by atoms with Crippen molar-refractivity contribution in [2.24, 2.45) is 0 Å². The highest BCUT2D eigenvalue weighted by atomic mass is 16.3. The average Bonchev–Trinajstić information content (AvgIpc) is 3.92. The van der Waals surface area contributed by atoms with Crippen molar-refractivity contribution in [1.82, 2.24) is 19.5 Å². The Morgan fingerprint density at radius 1 is 0.375 bits per heavy atom. The van der Waals surface area contributed by atoms with Crippen molar-refractivity contribution in [3.8, 4) is 61.8 Å². The summed E-state index contributed by atoms with van der Waals surface area (Å²) >= 11 is 0. The molecular formula is C59H40N4O. The normalized spacial score (nSPS) is 11.6. The molecule has 12 rings (SSSR count). The van der Waals surface area contributed by atoms with Crippen LogP contribution >= 0.6 is 0 Å². The van der Waals surface area contributed by atoms with Crippen LogP contribution < -0.4 is 0 Å². The monoisotopic (exact) mass is 820 g/mol. The van der Waals surface area contributed by atoms with Gasteiger partial charge >= 0.3 is 0 Å². The van der Waals surface area contributed by atoms with Gasteiger partial charge in [0.2, 0.25) is 0 Å². The lowest BCUT2D eigenvalue weighted by atomic mass is 9.90. The van der Waals surface area contributed by atoms with Crippen molar-refractivity contribution < 1.29 is 4.42 Å². The molecule has 0 atom stereocenters. The maximum atomic E-state index is 6.51. The number of fused-ring (bicyclic) bond motifs is 7. The SMILES string of the molecule is c1ccc(-c2nc(CCc3cc(-c4ccc(-c5ccccc5)c(-c5ccccc5)c4)ccc3-n3c4ccccc4c4ccc5oc6ccccc6c5c43)nc(-c3ccccc3)n2)cc1. The van der Waals surface area contributed by atoms with Crippen molar-refractivity contribution in [1.29, 1.82) is 0 Å². The Labute approximate surface area is 370 Å².